The lowest BCUT2D eigenvalue weighted by molar-refractivity contribution is -0.386. The van der Waals surface area contributed by atoms with Crippen LogP contribution in [0.3, 0.4) is 0 Å². The van der Waals surface area contributed by atoms with Gasteiger partial charge in [0.25, 0.3) is 5.69 Å². The van der Waals surface area contributed by atoms with Crippen molar-refractivity contribution in [2.24, 2.45) is 5.92 Å². The smallest absolute Gasteiger partial charge is 0.293 e. The zero-order valence-corrected chi connectivity index (χ0v) is 11.4. The van der Waals surface area contributed by atoms with Crippen LogP contribution in [0.5, 0.6) is 0 Å². The average Bonchev–Trinajstić information content (AvgIpc) is 2.27. The summed E-state index contributed by atoms with van der Waals surface area (Å²) in [7, 11) is 0. The van der Waals surface area contributed by atoms with Gasteiger partial charge in [-0.05, 0) is 25.5 Å². The van der Waals surface area contributed by atoms with Crippen LogP contribution < -0.4 is 5.32 Å². The van der Waals surface area contributed by atoms with E-state index in [0.29, 0.717) is 23.6 Å². The summed E-state index contributed by atoms with van der Waals surface area (Å²) in [6.45, 7) is 8.85. The summed E-state index contributed by atoms with van der Waals surface area (Å²) in [6, 6.07) is 1.89. The minimum Gasteiger partial charge on any atom is -0.314 e. The number of aromatic nitrogens is 1. The Bertz CT molecular complexity index is 419. The minimum atomic E-state index is -0.332. The van der Waals surface area contributed by atoms with Gasteiger partial charge in [-0.25, -0.2) is 0 Å². The molecule has 5 nitrogen and oxygen atoms in total. The van der Waals surface area contributed by atoms with Crippen LogP contribution in [0.4, 0.5) is 5.69 Å². The molecule has 0 saturated heterocycles. The van der Waals surface area contributed by atoms with Gasteiger partial charge in [0.1, 0.15) is 5.69 Å². The van der Waals surface area contributed by atoms with Crippen molar-refractivity contribution in [2.75, 3.05) is 6.54 Å². The Labute approximate surface area is 108 Å². The molecule has 5 heteroatoms. The van der Waals surface area contributed by atoms with E-state index in [0.717, 1.165) is 6.54 Å². The summed E-state index contributed by atoms with van der Waals surface area (Å²) in [6.07, 6.45) is 2.23. The number of pyridine rings is 1. The topological polar surface area (TPSA) is 68.1 Å². The Morgan fingerprint density at radius 3 is 2.67 bits per heavy atom. The van der Waals surface area contributed by atoms with E-state index in [2.05, 4.69) is 24.1 Å². The molecule has 100 valence electrons. The fourth-order valence-electron chi connectivity index (χ4n) is 2.02. The molecular weight excluding hydrogens is 230 g/mol. The first-order chi connectivity index (χ1) is 8.47. The lowest BCUT2D eigenvalue weighted by atomic mass is 9.97. The molecule has 1 N–H and O–H groups in total. The van der Waals surface area contributed by atoms with Crippen LogP contribution in [0, 0.1) is 23.0 Å². The van der Waals surface area contributed by atoms with E-state index in [4.69, 9.17) is 0 Å². The predicted octanol–water partition coefficient (Wildman–Crippen LogP) is 2.47. The number of hydrogen-bond acceptors (Lipinski definition) is 4. The van der Waals surface area contributed by atoms with Crippen LogP contribution in [0.1, 0.15) is 32.0 Å². The fourth-order valence-corrected chi connectivity index (χ4v) is 2.02. The standard InChI is InChI=1S/C13H21N3O2/c1-5-14-11(9(2)3)8-12-13(16(17)18)10(4)6-7-15-12/h6-7,9,11,14H,5,8H2,1-4H3. The molecule has 1 heterocycles. The van der Waals surface area contributed by atoms with Gasteiger partial charge in [0.05, 0.1) is 4.92 Å². The largest absolute Gasteiger partial charge is 0.314 e. The van der Waals surface area contributed by atoms with Crippen molar-refractivity contribution in [1.29, 1.82) is 0 Å². The molecular formula is C13H21N3O2. The molecule has 0 spiro atoms. The van der Waals surface area contributed by atoms with Gasteiger partial charge in [0.15, 0.2) is 0 Å². The number of nitrogens with zero attached hydrogens (tertiary/aromatic N) is 2. The lowest BCUT2D eigenvalue weighted by Gasteiger charge is -2.21. The Kier molecular flexibility index (Phi) is 5.22. The highest BCUT2D eigenvalue weighted by Gasteiger charge is 2.22. The van der Waals surface area contributed by atoms with Crippen molar-refractivity contribution >= 4 is 5.69 Å². The number of hydrogen-bond donors (Lipinski definition) is 1. The fraction of sp³-hybridized carbons (Fsp3) is 0.615. The summed E-state index contributed by atoms with van der Waals surface area (Å²) in [5.74, 6) is 0.409. The second-order valence-corrected chi connectivity index (χ2v) is 4.79. The van der Waals surface area contributed by atoms with Crippen LogP contribution in [0.25, 0.3) is 0 Å². The monoisotopic (exact) mass is 251 g/mol. The summed E-state index contributed by atoms with van der Waals surface area (Å²) >= 11 is 0. The number of nitro groups is 1. The first kappa shape index (κ1) is 14.6. The maximum absolute atomic E-state index is 11.1. The van der Waals surface area contributed by atoms with Crippen molar-refractivity contribution < 1.29 is 4.92 Å². The van der Waals surface area contributed by atoms with Crippen LogP contribution in [0.2, 0.25) is 0 Å². The number of rotatable bonds is 6. The summed E-state index contributed by atoms with van der Waals surface area (Å²) < 4.78 is 0. The third-order valence-corrected chi connectivity index (χ3v) is 3.07. The van der Waals surface area contributed by atoms with Crippen molar-refractivity contribution in [2.45, 2.75) is 40.2 Å². The van der Waals surface area contributed by atoms with E-state index in [-0.39, 0.29) is 16.7 Å². The molecule has 1 unspecified atom stereocenters. The highest BCUT2D eigenvalue weighted by Crippen LogP contribution is 2.23. The van der Waals surface area contributed by atoms with Gasteiger partial charge in [0, 0.05) is 24.2 Å². The maximum atomic E-state index is 11.1. The third-order valence-electron chi connectivity index (χ3n) is 3.07. The molecule has 1 aromatic rings. The van der Waals surface area contributed by atoms with E-state index < -0.39 is 0 Å². The molecule has 0 amide bonds. The molecule has 0 aromatic carbocycles. The van der Waals surface area contributed by atoms with Gasteiger partial charge < -0.3 is 5.32 Å². The van der Waals surface area contributed by atoms with Crippen molar-refractivity contribution in [1.82, 2.24) is 10.3 Å². The van der Waals surface area contributed by atoms with Gasteiger partial charge in [-0.1, -0.05) is 20.8 Å². The first-order valence-electron chi connectivity index (χ1n) is 6.29. The summed E-state index contributed by atoms with van der Waals surface area (Å²) in [5.41, 5.74) is 1.39. The third kappa shape index (κ3) is 3.50. The molecule has 0 aliphatic heterocycles. The predicted molar refractivity (Wildman–Crippen MR) is 71.6 cm³/mol. The first-order valence-corrected chi connectivity index (χ1v) is 6.29. The number of likely N-dealkylation sites (N-methyl/N-ethyl adjacent to an activating group) is 1. The molecule has 1 aromatic heterocycles. The average molecular weight is 251 g/mol. The van der Waals surface area contributed by atoms with Gasteiger partial charge in [-0.2, -0.15) is 0 Å². The molecule has 0 aliphatic rings. The Morgan fingerprint density at radius 2 is 2.17 bits per heavy atom. The number of nitrogens with one attached hydrogen (secondary N) is 1. The molecule has 0 aliphatic carbocycles. The van der Waals surface area contributed by atoms with E-state index in [1.807, 2.05) is 6.92 Å². The SMILES string of the molecule is CCNC(Cc1nccc(C)c1[N+](=O)[O-])C(C)C. The second-order valence-electron chi connectivity index (χ2n) is 4.79. The van der Waals surface area contributed by atoms with Crippen molar-refractivity contribution in [3.05, 3.63) is 33.6 Å². The summed E-state index contributed by atoms with van der Waals surface area (Å²) in [5, 5.41) is 14.5. The van der Waals surface area contributed by atoms with Crippen LogP contribution in [0.15, 0.2) is 12.3 Å². The lowest BCUT2D eigenvalue weighted by Crippen LogP contribution is -2.36. The molecule has 18 heavy (non-hydrogen) atoms. The second kappa shape index (κ2) is 6.44. The van der Waals surface area contributed by atoms with Crippen LogP contribution in [-0.4, -0.2) is 22.5 Å². The van der Waals surface area contributed by atoms with Gasteiger partial charge in [0.2, 0.25) is 0 Å². The molecule has 0 fully saturated rings. The van der Waals surface area contributed by atoms with Crippen molar-refractivity contribution in [3.8, 4) is 0 Å². The quantitative estimate of drug-likeness (QED) is 0.623. The highest BCUT2D eigenvalue weighted by molar-refractivity contribution is 5.43. The normalized spacial score (nSPS) is 12.7. The zero-order chi connectivity index (χ0) is 13.7. The number of aryl methyl sites for hydroxylation is 1. The van der Waals surface area contributed by atoms with E-state index in [9.17, 15) is 10.1 Å². The Balaban J connectivity index is 3.02. The van der Waals surface area contributed by atoms with Crippen LogP contribution in [-0.2, 0) is 6.42 Å². The van der Waals surface area contributed by atoms with Gasteiger partial charge in [-0.3, -0.25) is 15.1 Å². The van der Waals surface area contributed by atoms with E-state index >= 15 is 0 Å². The molecule has 1 rings (SSSR count). The van der Waals surface area contributed by atoms with E-state index in [1.165, 1.54) is 0 Å². The molecule has 0 bridgehead atoms. The summed E-state index contributed by atoms with van der Waals surface area (Å²) in [4.78, 5) is 14.9. The highest BCUT2D eigenvalue weighted by atomic mass is 16.6. The zero-order valence-electron chi connectivity index (χ0n) is 11.4. The Hall–Kier alpha value is -1.49. The Morgan fingerprint density at radius 1 is 1.50 bits per heavy atom. The maximum Gasteiger partial charge on any atom is 0.293 e. The van der Waals surface area contributed by atoms with E-state index in [1.54, 1.807) is 19.2 Å². The van der Waals surface area contributed by atoms with Gasteiger partial charge in [-0.15, -0.1) is 0 Å². The van der Waals surface area contributed by atoms with Gasteiger partial charge >= 0.3 is 0 Å². The van der Waals surface area contributed by atoms with Crippen molar-refractivity contribution in [3.63, 3.8) is 0 Å². The molecule has 0 saturated carbocycles. The molecule has 0 radical (unpaired) electrons. The van der Waals surface area contributed by atoms with Crippen LogP contribution >= 0.6 is 0 Å². The molecule has 1 atom stereocenters. The minimum absolute atomic E-state index is 0.154.